The number of primary amides is 1. The van der Waals surface area contributed by atoms with Crippen molar-refractivity contribution in [2.75, 3.05) is 53.5 Å². The lowest BCUT2D eigenvalue weighted by molar-refractivity contribution is 0.100. The lowest BCUT2D eigenvalue weighted by Gasteiger charge is -2.32. The van der Waals surface area contributed by atoms with Crippen LogP contribution in [0.15, 0.2) is 36.5 Å². The molecular weight excluding hydrogens is 394 g/mol. The minimum Gasteiger partial charge on any atom is -0.492 e. The van der Waals surface area contributed by atoms with Crippen molar-refractivity contribution in [3.63, 3.8) is 0 Å². The first-order chi connectivity index (χ1) is 15.0. The predicted molar refractivity (Wildman–Crippen MR) is 120 cm³/mol. The van der Waals surface area contributed by atoms with Crippen LogP contribution in [0.1, 0.15) is 16.1 Å². The fourth-order valence-electron chi connectivity index (χ4n) is 4.10. The lowest BCUT2D eigenvalue weighted by atomic mass is 10.1. The second kappa shape index (κ2) is 8.95. The molecule has 4 rings (SSSR count). The molecule has 2 N–H and O–H groups in total. The normalized spacial score (nSPS) is 15.3. The number of ether oxygens (including phenoxy) is 2. The van der Waals surface area contributed by atoms with E-state index in [-0.39, 0.29) is 0 Å². The number of nitrogens with zero attached hydrogens (tertiary/aromatic N) is 4. The molecule has 164 valence electrons. The Kier molecular flexibility index (Phi) is 6.11. The number of likely N-dealkylation sites (N-methyl/N-ethyl adjacent to an activating group) is 1. The largest absolute Gasteiger partial charge is 0.492 e. The van der Waals surface area contributed by atoms with Crippen LogP contribution in [-0.4, -0.2) is 78.7 Å². The Balaban J connectivity index is 1.53. The predicted octanol–water partition coefficient (Wildman–Crippen LogP) is 2.07. The van der Waals surface area contributed by atoms with Crippen LogP contribution in [0.3, 0.4) is 0 Å². The van der Waals surface area contributed by atoms with E-state index in [1.54, 1.807) is 13.3 Å². The summed E-state index contributed by atoms with van der Waals surface area (Å²) in [5, 5.41) is 0.707. The average molecular weight is 424 g/mol. The second-order valence-corrected chi connectivity index (χ2v) is 7.89. The fourth-order valence-corrected chi connectivity index (χ4v) is 4.10. The highest BCUT2D eigenvalue weighted by Gasteiger charge is 2.20. The molecule has 1 saturated heterocycles. The molecule has 0 aliphatic carbocycles. The van der Waals surface area contributed by atoms with Crippen molar-refractivity contribution in [3.05, 3.63) is 47.8 Å². The number of fused-ring (bicyclic) bond motifs is 1. The molecule has 0 spiro atoms. The van der Waals surface area contributed by atoms with E-state index < -0.39 is 5.91 Å². The van der Waals surface area contributed by atoms with Gasteiger partial charge >= 0.3 is 0 Å². The molecule has 0 atom stereocenters. The van der Waals surface area contributed by atoms with E-state index in [1.165, 1.54) is 0 Å². The standard InChI is InChI=1S/C23H29N5O3/c1-16-22(23(24)29)19-15-25-21(30-3)14-20(19)28(16)17-4-6-18(7-5-17)31-13-12-27-10-8-26(2)9-11-27/h4-7,14-15H,8-13H2,1-3H3,(H2,24,29). The van der Waals surface area contributed by atoms with Crippen LogP contribution in [0, 0.1) is 6.92 Å². The number of carbonyl (C=O) groups is 1. The topological polar surface area (TPSA) is 85.9 Å². The Labute approximate surface area is 182 Å². The van der Waals surface area contributed by atoms with Crippen molar-refractivity contribution in [1.29, 1.82) is 0 Å². The molecule has 3 aromatic rings. The van der Waals surface area contributed by atoms with E-state index in [0.29, 0.717) is 23.4 Å². The summed E-state index contributed by atoms with van der Waals surface area (Å²) in [6.07, 6.45) is 1.63. The zero-order chi connectivity index (χ0) is 22.0. The van der Waals surface area contributed by atoms with Gasteiger partial charge in [0.15, 0.2) is 0 Å². The maximum absolute atomic E-state index is 12.1. The first-order valence-corrected chi connectivity index (χ1v) is 10.5. The number of rotatable bonds is 7. The number of piperazine rings is 1. The molecule has 1 fully saturated rings. The summed E-state index contributed by atoms with van der Waals surface area (Å²) in [6.45, 7) is 7.83. The van der Waals surface area contributed by atoms with Crippen LogP contribution in [-0.2, 0) is 0 Å². The first-order valence-electron chi connectivity index (χ1n) is 10.5. The number of benzene rings is 1. The zero-order valence-corrected chi connectivity index (χ0v) is 18.3. The van der Waals surface area contributed by atoms with Crippen LogP contribution in [0.4, 0.5) is 0 Å². The fraction of sp³-hybridized carbons (Fsp3) is 0.391. The van der Waals surface area contributed by atoms with Gasteiger partial charge in [-0.25, -0.2) is 4.98 Å². The van der Waals surface area contributed by atoms with E-state index in [1.807, 2.05) is 41.8 Å². The van der Waals surface area contributed by atoms with E-state index in [2.05, 4.69) is 21.8 Å². The number of hydrogen-bond acceptors (Lipinski definition) is 6. The van der Waals surface area contributed by atoms with Crippen LogP contribution in [0.5, 0.6) is 11.6 Å². The smallest absolute Gasteiger partial charge is 0.251 e. The van der Waals surface area contributed by atoms with Gasteiger partial charge in [0.2, 0.25) is 5.88 Å². The molecule has 1 amide bonds. The highest BCUT2D eigenvalue weighted by Crippen LogP contribution is 2.31. The van der Waals surface area contributed by atoms with Crippen molar-refractivity contribution >= 4 is 16.8 Å². The number of carbonyl (C=O) groups excluding carboxylic acids is 1. The van der Waals surface area contributed by atoms with Gasteiger partial charge in [0.25, 0.3) is 5.91 Å². The average Bonchev–Trinajstić information content (AvgIpc) is 3.06. The Hall–Kier alpha value is -3.10. The van der Waals surface area contributed by atoms with Gasteiger partial charge in [0.05, 0.1) is 18.2 Å². The van der Waals surface area contributed by atoms with Gasteiger partial charge < -0.3 is 24.7 Å². The Morgan fingerprint density at radius 1 is 1.16 bits per heavy atom. The third-order valence-corrected chi connectivity index (χ3v) is 5.89. The summed E-state index contributed by atoms with van der Waals surface area (Å²) >= 11 is 0. The second-order valence-electron chi connectivity index (χ2n) is 7.89. The van der Waals surface area contributed by atoms with E-state index in [0.717, 1.165) is 55.4 Å². The monoisotopic (exact) mass is 423 g/mol. The zero-order valence-electron chi connectivity index (χ0n) is 18.3. The SMILES string of the molecule is COc1cc2c(cn1)c(C(N)=O)c(C)n2-c1ccc(OCCN2CCN(C)CC2)cc1. The number of pyridine rings is 1. The number of amides is 1. The summed E-state index contributed by atoms with van der Waals surface area (Å²) in [6, 6.07) is 9.68. The molecule has 31 heavy (non-hydrogen) atoms. The Morgan fingerprint density at radius 3 is 2.52 bits per heavy atom. The molecule has 8 heteroatoms. The Morgan fingerprint density at radius 2 is 1.87 bits per heavy atom. The minimum atomic E-state index is -0.475. The molecule has 1 aliphatic heterocycles. The summed E-state index contributed by atoms with van der Waals surface area (Å²) in [5.41, 5.74) is 8.62. The van der Waals surface area contributed by atoms with E-state index >= 15 is 0 Å². The van der Waals surface area contributed by atoms with Crippen LogP contribution >= 0.6 is 0 Å². The number of methoxy groups -OCH3 is 1. The molecule has 1 aromatic carbocycles. The lowest BCUT2D eigenvalue weighted by Crippen LogP contribution is -2.45. The van der Waals surface area contributed by atoms with Gasteiger partial charge in [0.1, 0.15) is 12.4 Å². The number of hydrogen-bond donors (Lipinski definition) is 1. The van der Waals surface area contributed by atoms with Gasteiger partial charge in [0, 0.05) is 61.8 Å². The minimum absolute atomic E-state index is 0.470. The van der Waals surface area contributed by atoms with Gasteiger partial charge in [-0.3, -0.25) is 9.69 Å². The first kappa shape index (κ1) is 21.1. The van der Waals surface area contributed by atoms with Gasteiger partial charge in [-0.2, -0.15) is 0 Å². The van der Waals surface area contributed by atoms with Crippen molar-refractivity contribution < 1.29 is 14.3 Å². The van der Waals surface area contributed by atoms with Crippen LogP contribution < -0.4 is 15.2 Å². The molecule has 1 aliphatic rings. The number of aromatic nitrogens is 2. The van der Waals surface area contributed by atoms with Crippen molar-refractivity contribution in [3.8, 4) is 17.3 Å². The molecule has 3 heterocycles. The molecular formula is C23H29N5O3. The summed E-state index contributed by atoms with van der Waals surface area (Å²) in [4.78, 5) is 21.1. The quantitative estimate of drug-likeness (QED) is 0.626. The van der Waals surface area contributed by atoms with Crippen molar-refractivity contribution in [1.82, 2.24) is 19.4 Å². The Bertz CT molecular complexity index is 1070. The van der Waals surface area contributed by atoms with Crippen LogP contribution in [0.2, 0.25) is 0 Å². The van der Waals surface area contributed by atoms with Gasteiger partial charge in [-0.05, 0) is 38.2 Å². The summed E-state index contributed by atoms with van der Waals surface area (Å²) in [7, 11) is 3.72. The maximum Gasteiger partial charge on any atom is 0.251 e. The highest BCUT2D eigenvalue weighted by molar-refractivity contribution is 6.08. The third-order valence-electron chi connectivity index (χ3n) is 5.89. The molecule has 0 bridgehead atoms. The molecule has 2 aromatic heterocycles. The third kappa shape index (κ3) is 4.35. The maximum atomic E-state index is 12.1. The van der Waals surface area contributed by atoms with Crippen molar-refractivity contribution in [2.45, 2.75) is 6.92 Å². The van der Waals surface area contributed by atoms with Gasteiger partial charge in [-0.15, -0.1) is 0 Å². The molecule has 0 radical (unpaired) electrons. The van der Waals surface area contributed by atoms with E-state index in [4.69, 9.17) is 15.2 Å². The number of nitrogens with two attached hydrogens (primary N) is 1. The summed E-state index contributed by atoms with van der Waals surface area (Å²) < 4.78 is 13.2. The van der Waals surface area contributed by atoms with Crippen LogP contribution in [0.25, 0.3) is 16.6 Å². The molecule has 8 nitrogen and oxygen atoms in total. The molecule has 0 saturated carbocycles. The van der Waals surface area contributed by atoms with Gasteiger partial charge in [-0.1, -0.05) is 0 Å². The molecule has 0 unspecified atom stereocenters. The summed E-state index contributed by atoms with van der Waals surface area (Å²) in [5.74, 6) is 0.824. The van der Waals surface area contributed by atoms with E-state index in [9.17, 15) is 4.79 Å². The highest BCUT2D eigenvalue weighted by atomic mass is 16.5. The van der Waals surface area contributed by atoms with Crippen molar-refractivity contribution in [2.24, 2.45) is 5.73 Å².